The molecule has 1 aromatic carbocycles. The number of fused-ring (bicyclic) bond motifs is 1. The molecule has 0 aliphatic heterocycles. The van der Waals surface area contributed by atoms with E-state index in [9.17, 15) is 14.4 Å². The summed E-state index contributed by atoms with van der Waals surface area (Å²) in [5, 5.41) is 3.02. The van der Waals surface area contributed by atoms with Crippen LogP contribution in [0.5, 0.6) is 0 Å². The summed E-state index contributed by atoms with van der Waals surface area (Å²) in [6.45, 7) is 1.96. The number of hydrogen-bond donors (Lipinski definition) is 1. The molecule has 0 radical (unpaired) electrons. The molecule has 1 N–H and O–H groups in total. The summed E-state index contributed by atoms with van der Waals surface area (Å²) in [6.07, 6.45) is 0. The van der Waals surface area contributed by atoms with E-state index in [-0.39, 0.29) is 16.7 Å². The number of benzene rings is 1. The number of amides is 1. The van der Waals surface area contributed by atoms with Gasteiger partial charge in [-0.15, -0.1) is 0 Å². The molecule has 0 fully saturated rings. The molecule has 3 rings (SSSR count). The predicted octanol–water partition coefficient (Wildman–Crippen LogP) is 1.19. The summed E-state index contributed by atoms with van der Waals surface area (Å²) >= 11 is 0. The van der Waals surface area contributed by atoms with Crippen LogP contribution in [-0.2, 0) is 14.1 Å². The molecule has 0 bridgehead atoms. The Labute approximate surface area is 137 Å². The van der Waals surface area contributed by atoms with Gasteiger partial charge in [-0.05, 0) is 31.2 Å². The molecule has 0 saturated carbocycles. The van der Waals surface area contributed by atoms with E-state index in [1.807, 2.05) is 19.1 Å². The summed E-state index contributed by atoms with van der Waals surface area (Å²) in [5.74, 6) is -0.408. The van der Waals surface area contributed by atoms with Crippen LogP contribution in [0.25, 0.3) is 11.0 Å². The third kappa shape index (κ3) is 2.60. The molecule has 0 aliphatic carbocycles. The number of nitrogens with one attached hydrogen (secondary N) is 1. The molecular formula is C17H16N4O3. The maximum atomic E-state index is 12.3. The van der Waals surface area contributed by atoms with Crippen molar-refractivity contribution in [2.45, 2.75) is 6.92 Å². The fraction of sp³-hybridized carbons (Fsp3) is 0.176. The van der Waals surface area contributed by atoms with Crippen molar-refractivity contribution in [3.05, 3.63) is 68.5 Å². The lowest BCUT2D eigenvalue weighted by Crippen LogP contribution is -2.37. The van der Waals surface area contributed by atoms with Gasteiger partial charge in [0.2, 0.25) is 0 Å². The quantitative estimate of drug-likeness (QED) is 0.767. The average molecular weight is 324 g/mol. The molecule has 0 spiro atoms. The van der Waals surface area contributed by atoms with Crippen molar-refractivity contribution in [1.82, 2.24) is 14.1 Å². The molecule has 122 valence electrons. The lowest BCUT2D eigenvalue weighted by molar-refractivity contribution is 0.102. The SMILES string of the molecule is Cc1ccc(NC(=O)c2ccc3c(=O)n(C)c(=O)n(C)c3n2)cc1. The van der Waals surface area contributed by atoms with Crippen molar-refractivity contribution in [2.75, 3.05) is 5.32 Å². The van der Waals surface area contributed by atoms with E-state index in [1.165, 1.54) is 30.8 Å². The highest BCUT2D eigenvalue weighted by Crippen LogP contribution is 2.11. The van der Waals surface area contributed by atoms with Crippen molar-refractivity contribution in [2.24, 2.45) is 14.1 Å². The highest BCUT2D eigenvalue weighted by atomic mass is 16.2. The molecule has 0 saturated heterocycles. The molecule has 7 nitrogen and oxygen atoms in total. The highest BCUT2D eigenvalue weighted by Gasteiger charge is 2.14. The minimum absolute atomic E-state index is 0.131. The molecule has 24 heavy (non-hydrogen) atoms. The first-order chi connectivity index (χ1) is 11.4. The topological polar surface area (TPSA) is 86.0 Å². The molecular weight excluding hydrogens is 308 g/mol. The summed E-state index contributed by atoms with van der Waals surface area (Å²) in [7, 11) is 2.92. The van der Waals surface area contributed by atoms with E-state index in [4.69, 9.17) is 0 Å². The summed E-state index contributed by atoms with van der Waals surface area (Å²) < 4.78 is 2.26. The van der Waals surface area contributed by atoms with Crippen LogP contribution in [-0.4, -0.2) is 20.0 Å². The zero-order valence-electron chi connectivity index (χ0n) is 13.5. The van der Waals surface area contributed by atoms with Crippen molar-refractivity contribution >= 4 is 22.6 Å². The first-order valence-corrected chi connectivity index (χ1v) is 7.33. The Bertz CT molecular complexity index is 1060. The van der Waals surface area contributed by atoms with Crippen LogP contribution in [0.3, 0.4) is 0 Å². The largest absolute Gasteiger partial charge is 0.332 e. The summed E-state index contributed by atoms with van der Waals surface area (Å²) in [6, 6.07) is 10.3. The van der Waals surface area contributed by atoms with Crippen LogP contribution in [0.4, 0.5) is 5.69 Å². The standard InChI is InChI=1S/C17H16N4O3/c1-10-4-6-11(7-5-10)18-15(22)13-9-8-12-14(19-13)20(2)17(24)21(3)16(12)23/h4-9H,1-3H3,(H,18,22). The minimum Gasteiger partial charge on any atom is -0.321 e. The van der Waals surface area contributed by atoms with Crippen LogP contribution >= 0.6 is 0 Å². The van der Waals surface area contributed by atoms with Gasteiger partial charge in [0.1, 0.15) is 11.3 Å². The number of anilines is 1. The van der Waals surface area contributed by atoms with Crippen LogP contribution in [0.2, 0.25) is 0 Å². The first-order valence-electron chi connectivity index (χ1n) is 7.33. The number of pyridine rings is 1. The molecule has 3 aromatic rings. The Morgan fingerprint density at radius 1 is 1.00 bits per heavy atom. The highest BCUT2D eigenvalue weighted by molar-refractivity contribution is 6.03. The number of carbonyl (C=O) groups is 1. The Balaban J connectivity index is 2.04. The monoisotopic (exact) mass is 324 g/mol. The lowest BCUT2D eigenvalue weighted by atomic mass is 10.2. The zero-order chi connectivity index (χ0) is 17.4. The number of aromatic nitrogens is 3. The van der Waals surface area contributed by atoms with Gasteiger partial charge in [-0.25, -0.2) is 9.78 Å². The van der Waals surface area contributed by atoms with E-state index >= 15 is 0 Å². The number of nitrogens with zero attached hydrogens (tertiary/aromatic N) is 3. The van der Waals surface area contributed by atoms with Crippen molar-refractivity contribution in [1.29, 1.82) is 0 Å². The minimum atomic E-state index is -0.490. The predicted molar refractivity (Wildman–Crippen MR) is 91.4 cm³/mol. The third-order valence-corrected chi connectivity index (χ3v) is 3.84. The Morgan fingerprint density at radius 3 is 2.33 bits per heavy atom. The van der Waals surface area contributed by atoms with Crippen LogP contribution < -0.4 is 16.6 Å². The van der Waals surface area contributed by atoms with Crippen LogP contribution in [0.1, 0.15) is 16.1 Å². The van der Waals surface area contributed by atoms with Crippen molar-refractivity contribution in [3.8, 4) is 0 Å². The second kappa shape index (κ2) is 5.77. The van der Waals surface area contributed by atoms with Gasteiger partial charge in [0.15, 0.2) is 0 Å². The Kier molecular flexibility index (Phi) is 3.76. The zero-order valence-corrected chi connectivity index (χ0v) is 13.5. The van der Waals surface area contributed by atoms with Crippen LogP contribution in [0, 0.1) is 6.92 Å². The second-order valence-corrected chi connectivity index (χ2v) is 5.59. The molecule has 0 atom stereocenters. The maximum Gasteiger partial charge on any atom is 0.332 e. The van der Waals surface area contributed by atoms with Gasteiger partial charge < -0.3 is 5.32 Å². The normalized spacial score (nSPS) is 10.8. The van der Waals surface area contributed by atoms with Crippen molar-refractivity contribution in [3.63, 3.8) is 0 Å². The molecule has 0 aliphatic rings. The van der Waals surface area contributed by atoms with Gasteiger partial charge >= 0.3 is 5.69 Å². The van der Waals surface area contributed by atoms with Gasteiger partial charge in [-0.3, -0.25) is 18.7 Å². The molecule has 0 unspecified atom stereocenters. The van der Waals surface area contributed by atoms with Gasteiger partial charge in [0.25, 0.3) is 11.5 Å². The summed E-state index contributed by atoms with van der Waals surface area (Å²) in [5.41, 5.74) is 1.11. The van der Waals surface area contributed by atoms with Gasteiger partial charge in [-0.2, -0.15) is 0 Å². The van der Waals surface area contributed by atoms with Gasteiger partial charge in [0, 0.05) is 19.8 Å². The van der Waals surface area contributed by atoms with E-state index in [2.05, 4.69) is 10.3 Å². The molecule has 7 heteroatoms. The van der Waals surface area contributed by atoms with Gasteiger partial charge in [-0.1, -0.05) is 17.7 Å². The molecule has 2 aromatic heterocycles. The van der Waals surface area contributed by atoms with Crippen molar-refractivity contribution < 1.29 is 4.79 Å². The van der Waals surface area contributed by atoms with E-state index in [1.54, 1.807) is 12.1 Å². The van der Waals surface area contributed by atoms with Gasteiger partial charge in [0.05, 0.1) is 5.39 Å². The number of carbonyl (C=O) groups excluding carboxylic acids is 1. The Hall–Kier alpha value is -3.22. The molecule has 2 heterocycles. The Morgan fingerprint density at radius 2 is 1.67 bits per heavy atom. The lowest BCUT2D eigenvalue weighted by Gasteiger charge is -2.09. The fourth-order valence-electron chi connectivity index (χ4n) is 2.41. The van der Waals surface area contributed by atoms with E-state index in [0.717, 1.165) is 10.1 Å². The number of aryl methyl sites for hydroxylation is 2. The first kappa shape index (κ1) is 15.7. The third-order valence-electron chi connectivity index (χ3n) is 3.84. The second-order valence-electron chi connectivity index (χ2n) is 5.59. The number of rotatable bonds is 2. The molecule has 1 amide bonds. The smallest absolute Gasteiger partial charge is 0.321 e. The average Bonchev–Trinajstić information content (AvgIpc) is 2.59. The number of hydrogen-bond acceptors (Lipinski definition) is 4. The van der Waals surface area contributed by atoms with E-state index < -0.39 is 17.2 Å². The maximum absolute atomic E-state index is 12.3. The fourth-order valence-corrected chi connectivity index (χ4v) is 2.41. The summed E-state index contributed by atoms with van der Waals surface area (Å²) in [4.78, 5) is 40.6. The van der Waals surface area contributed by atoms with Crippen LogP contribution in [0.15, 0.2) is 46.0 Å². The van der Waals surface area contributed by atoms with E-state index in [0.29, 0.717) is 5.69 Å².